The Balaban J connectivity index is 0.00000436. The van der Waals surface area contributed by atoms with Crippen molar-refractivity contribution in [2.24, 2.45) is 10.8 Å². The summed E-state index contributed by atoms with van der Waals surface area (Å²) in [6.07, 6.45) is 2.22. The van der Waals surface area contributed by atoms with Crippen molar-refractivity contribution in [1.82, 2.24) is 0 Å². The van der Waals surface area contributed by atoms with Crippen molar-refractivity contribution >= 4 is 0 Å². The van der Waals surface area contributed by atoms with Gasteiger partial charge in [-0.15, -0.1) is 0 Å². The third-order valence-electron chi connectivity index (χ3n) is 5.31. The zero-order valence-corrected chi connectivity index (χ0v) is 23.7. The van der Waals surface area contributed by atoms with Gasteiger partial charge in [0.2, 0.25) is 0 Å². The molecule has 0 fully saturated rings. The third kappa shape index (κ3) is 10.4. The van der Waals surface area contributed by atoms with Crippen LogP contribution in [0.25, 0.3) is 0 Å². The van der Waals surface area contributed by atoms with E-state index in [1.807, 2.05) is 13.8 Å². The lowest BCUT2D eigenvalue weighted by atomic mass is 9.68. The van der Waals surface area contributed by atoms with E-state index in [-0.39, 0.29) is 27.3 Å². The van der Waals surface area contributed by atoms with E-state index in [1.165, 1.54) is 11.1 Å². The molecule has 0 heterocycles. The fraction of sp³-hybridized carbons (Fsp3) is 0.793. The molecule has 0 saturated carbocycles. The number of hydrogen-bond donors (Lipinski definition) is 0. The molecule has 0 aliphatic heterocycles. The maximum atomic E-state index is 6.52. The van der Waals surface area contributed by atoms with Crippen LogP contribution in [0.2, 0.25) is 0 Å². The highest BCUT2D eigenvalue weighted by atomic mass is 16.5. The molecule has 0 radical (unpaired) electrons. The standard InChI is InChI=1S/C27H48O2.C2H6/c1-23(2,3)17-25(7,8)20-14-15-22(29-27(11,12)19-28-13)21(16-20)26(9,10)18-24(4,5)6;1-2/h14-16H,17-19H2,1-13H3;1-2H3. The summed E-state index contributed by atoms with van der Waals surface area (Å²) in [5.74, 6) is 0.983. The molecule has 0 bridgehead atoms. The minimum Gasteiger partial charge on any atom is -0.485 e. The summed E-state index contributed by atoms with van der Waals surface area (Å²) in [6.45, 7) is 32.1. The predicted octanol–water partition coefficient (Wildman–Crippen LogP) is 8.94. The van der Waals surface area contributed by atoms with Crippen LogP contribution in [0.3, 0.4) is 0 Å². The first-order valence-electron chi connectivity index (χ1n) is 12.1. The van der Waals surface area contributed by atoms with Crippen LogP contribution in [0.1, 0.15) is 121 Å². The first-order chi connectivity index (χ1) is 13.8. The third-order valence-corrected chi connectivity index (χ3v) is 5.31. The molecule has 0 aliphatic rings. The molecular weight excluding hydrogens is 380 g/mol. The lowest BCUT2D eigenvalue weighted by molar-refractivity contribution is 0.0165. The maximum Gasteiger partial charge on any atom is 0.127 e. The molecule has 1 aromatic carbocycles. The number of ether oxygens (including phenoxy) is 2. The molecule has 0 amide bonds. The molecule has 0 saturated heterocycles. The molecule has 0 unspecified atom stereocenters. The normalized spacial score (nSPS) is 13.5. The Bertz CT molecular complexity index is 667. The topological polar surface area (TPSA) is 18.5 Å². The monoisotopic (exact) mass is 434 g/mol. The molecule has 0 aliphatic carbocycles. The molecule has 0 aromatic heterocycles. The second-order valence-corrected chi connectivity index (χ2v) is 13.2. The van der Waals surface area contributed by atoms with Gasteiger partial charge in [-0.05, 0) is 60.0 Å². The van der Waals surface area contributed by atoms with E-state index in [4.69, 9.17) is 9.47 Å². The molecule has 0 N–H and O–H groups in total. The highest BCUT2D eigenvalue weighted by Gasteiger charge is 2.34. The Labute approximate surface area is 195 Å². The van der Waals surface area contributed by atoms with Gasteiger partial charge in [-0.2, -0.15) is 0 Å². The Hall–Kier alpha value is -1.02. The van der Waals surface area contributed by atoms with Gasteiger partial charge in [-0.1, -0.05) is 95.2 Å². The predicted molar refractivity (Wildman–Crippen MR) is 139 cm³/mol. The van der Waals surface area contributed by atoms with Crippen molar-refractivity contribution < 1.29 is 9.47 Å². The van der Waals surface area contributed by atoms with E-state index < -0.39 is 0 Å². The Morgan fingerprint density at radius 2 is 1.13 bits per heavy atom. The SMILES string of the molecule is CC.COCC(C)(C)Oc1ccc(C(C)(C)CC(C)(C)C)cc1C(C)(C)CC(C)(C)C. The second kappa shape index (κ2) is 10.7. The molecule has 2 nitrogen and oxygen atoms in total. The van der Waals surface area contributed by atoms with Crippen LogP contribution in [-0.4, -0.2) is 19.3 Å². The van der Waals surface area contributed by atoms with Crippen LogP contribution >= 0.6 is 0 Å². The van der Waals surface area contributed by atoms with Crippen molar-refractivity contribution in [2.45, 2.75) is 126 Å². The van der Waals surface area contributed by atoms with Gasteiger partial charge in [-0.25, -0.2) is 0 Å². The van der Waals surface area contributed by atoms with E-state index in [1.54, 1.807) is 7.11 Å². The molecule has 0 spiro atoms. The minimum atomic E-state index is -0.371. The van der Waals surface area contributed by atoms with E-state index in [0.29, 0.717) is 6.61 Å². The van der Waals surface area contributed by atoms with Crippen LogP contribution in [-0.2, 0) is 15.6 Å². The minimum absolute atomic E-state index is 0.00452. The van der Waals surface area contributed by atoms with Crippen molar-refractivity contribution in [3.8, 4) is 5.75 Å². The van der Waals surface area contributed by atoms with Crippen LogP contribution in [0.15, 0.2) is 18.2 Å². The smallest absolute Gasteiger partial charge is 0.127 e. The lowest BCUT2D eigenvalue weighted by Gasteiger charge is -2.38. The fourth-order valence-electron chi connectivity index (χ4n) is 5.09. The van der Waals surface area contributed by atoms with Crippen LogP contribution in [0.5, 0.6) is 5.75 Å². The van der Waals surface area contributed by atoms with Crippen LogP contribution < -0.4 is 4.74 Å². The summed E-state index contributed by atoms with van der Waals surface area (Å²) < 4.78 is 11.9. The largest absolute Gasteiger partial charge is 0.485 e. The zero-order valence-electron chi connectivity index (χ0n) is 23.7. The Morgan fingerprint density at radius 3 is 1.55 bits per heavy atom. The van der Waals surface area contributed by atoms with Crippen molar-refractivity contribution in [3.63, 3.8) is 0 Å². The summed E-state index contributed by atoms with van der Waals surface area (Å²) in [5, 5.41) is 0. The first kappa shape index (κ1) is 30.0. The van der Waals surface area contributed by atoms with E-state index >= 15 is 0 Å². The summed E-state index contributed by atoms with van der Waals surface area (Å²) in [6, 6.07) is 6.87. The second-order valence-electron chi connectivity index (χ2n) is 13.2. The van der Waals surface area contributed by atoms with Crippen molar-refractivity contribution in [2.75, 3.05) is 13.7 Å². The molecule has 182 valence electrons. The molecule has 0 atom stereocenters. The van der Waals surface area contributed by atoms with E-state index in [9.17, 15) is 0 Å². The zero-order chi connectivity index (χ0) is 24.9. The molecular formula is C29H54O2. The van der Waals surface area contributed by atoms with Gasteiger partial charge >= 0.3 is 0 Å². The molecule has 1 aromatic rings. The summed E-state index contributed by atoms with van der Waals surface area (Å²) in [4.78, 5) is 0. The lowest BCUT2D eigenvalue weighted by Crippen LogP contribution is -2.35. The quantitative estimate of drug-likeness (QED) is 0.406. The average Bonchev–Trinajstić information content (AvgIpc) is 2.51. The molecule has 1 rings (SSSR count). The van der Waals surface area contributed by atoms with Gasteiger partial charge in [0.1, 0.15) is 11.4 Å². The number of hydrogen-bond acceptors (Lipinski definition) is 2. The van der Waals surface area contributed by atoms with Gasteiger partial charge in [-0.3, -0.25) is 0 Å². The van der Waals surface area contributed by atoms with Gasteiger partial charge in [0.25, 0.3) is 0 Å². The summed E-state index contributed by atoms with van der Waals surface area (Å²) in [5.41, 5.74) is 2.94. The Morgan fingerprint density at radius 1 is 0.677 bits per heavy atom. The molecule has 2 heteroatoms. The van der Waals surface area contributed by atoms with Gasteiger partial charge in [0.05, 0.1) is 6.61 Å². The number of methoxy groups -OCH3 is 1. The average molecular weight is 435 g/mol. The maximum absolute atomic E-state index is 6.52. The van der Waals surface area contributed by atoms with Crippen LogP contribution in [0, 0.1) is 10.8 Å². The van der Waals surface area contributed by atoms with Crippen molar-refractivity contribution in [3.05, 3.63) is 29.3 Å². The fourth-order valence-corrected chi connectivity index (χ4v) is 5.09. The van der Waals surface area contributed by atoms with Crippen LogP contribution in [0.4, 0.5) is 0 Å². The highest BCUT2D eigenvalue weighted by Crippen LogP contribution is 2.44. The summed E-state index contributed by atoms with van der Waals surface area (Å²) in [7, 11) is 1.73. The van der Waals surface area contributed by atoms with Gasteiger partial charge in [0, 0.05) is 12.7 Å². The first-order valence-corrected chi connectivity index (χ1v) is 12.1. The van der Waals surface area contributed by atoms with Crippen molar-refractivity contribution in [1.29, 1.82) is 0 Å². The molecule has 31 heavy (non-hydrogen) atoms. The van der Waals surface area contributed by atoms with E-state index in [0.717, 1.165) is 18.6 Å². The Kier molecular flexibility index (Phi) is 10.4. The summed E-state index contributed by atoms with van der Waals surface area (Å²) >= 11 is 0. The van der Waals surface area contributed by atoms with Gasteiger partial charge in [0.15, 0.2) is 0 Å². The van der Waals surface area contributed by atoms with E-state index in [2.05, 4.69) is 101 Å². The number of benzene rings is 1. The number of rotatable bonds is 8. The van der Waals surface area contributed by atoms with Gasteiger partial charge < -0.3 is 9.47 Å². The highest BCUT2D eigenvalue weighted by molar-refractivity contribution is 5.44.